The Hall–Kier alpha value is -1.02. The average Bonchev–Trinajstić information content (AvgIpc) is 2.40. The number of para-hydroxylation sites is 1. The van der Waals surface area contributed by atoms with E-state index in [-0.39, 0.29) is 0 Å². The van der Waals surface area contributed by atoms with Gasteiger partial charge in [0, 0.05) is 24.3 Å². The second-order valence-corrected chi connectivity index (χ2v) is 5.69. The molecule has 100 valence electrons. The first-order chi connectivity index (χ1) is 8.68. The lowest BCUT2D eigenvalue weighted by molar-refractivity contribution is 0.0806. The molecule has 0 aromatic heterocycles. The van der Waals surface area contributed by atoms with Gasteiger partial charge in [-0.1, -0.05) is 25.1 Å². The van der Waals surface area contributed by atoms with Crippen molar-refractivity contribution in [2.75, 3.05) is 18.4 Å². The molecule has 1 heterocycles. The van der Waals surface area contributed by atoms with E-state index in [1.54, 1.807) is 0 Å². The molecule has 3 unspecified atom stereocenters. The number of likely N-dealkylation sites (tertiary alicyclic amines) is 1. The Kier molecular flexibility index (Phi) is 4.65. The quantitative estimate of drug-likeness (QED) is 0.873. The Morgan fingerprint density at radius 1 is 1.28 bits per heavy atom. The molecule has 1 aliphatic rings. The summed E-state index contributed by atoms with van der Waals surface area (Å²) in [5.41, 5.74) is 1.22. The van der Waals surface area contributed by atoms with Crippen LogP contribution in [0.3, 0.4) is 0 Å². The van der Waals surface area contributed by atoms with E-state index in [9.17, 15) is 0 Å². The van der Waals surface area contributed by atoms with E-state index in [4.69, 9.17) is 0 Å². The molecule has 0 saturated carbocycles. The van der Waals surface area contributed by atoms with Crippen LogP contribution in [0.2, 0.25) is 0 Å². The standard InChI is InChI=1S/C16H26N2/c1-13-8-7-11-18(15(13)3)14(2)12-17-16-9-5-4-6-10-16/h4-6,9-10,13-15,17H,7-8,11-12H2,1-3H3. The Labute approximate surface area is 111 Å². The first-order valence-electron chi connectivity index (χ1n) is 7.23. The molecule has 3 atom stereocenters. The largest absolute Gasteiger partial charge is 0.383 e. The van der Waals surface area contributed by atoms with Crippen molar-refractivity contribution < 1.29 is 0 Å². The maximum Gasteiger partial charge on any atom is 0.0340 e. The van der Waals surface area contributed by atoms with E-state index in [1.807, 2.05) is 0 Å². The molecule has 1 saturated heterocycles. The molecule has 1 aromatic rings. The van der Waals surface area contributed by atoms with Gasteiger partial charge in [0.25, 0.3) is 0 Å². The molecule has 0 aliphatic carbocycles. The van der Waals surface area contributed by atoms with Gasteiger partial charge in [0.15, 0.2) is 0 Å². The molecule has 1 aromatic carbocycles. The highest BCUT2D eigenvalue weighted by Crippen LogP contribution is 2.24. The van der Waals surface area contributed by atoms with Crippen molar-refractivity contribution in [2.45, 2.75) is 45.7 Å². The van der Waals surface area contributed by atoms with Crippen LogP contribution in [0.4, 0.5) is 5.69 Å². The van der Waals surface area contributed by atoms with E-state index in [1.165, 1.54) is 25.1 Å². The van der Waals surface area contributed by atoms with Crippen molar-refractivity contribution >= 4 is 5.69 Å². The van der Waals surface area contributed by atoms with Crippen LogP contribution in [0.5, 0.6) is 0 Å². The smallest absolute Gasteiger partial charge is 0.0340 e. The fraction of sp³-hybridized carbons (Fsp3) is 0.625. The van der Waals surface area contributed by atoms with Crippen molar-refractivity contribution in [1.29, 1.82) is 0 Å². The molecule has 0 radical (unpaired) electrons. The summed E-state index contributed by atoms with van der Waals surface area (Å²) in [6.45, 7) is 9.38. The molecule has 2 rings (SSSR count). The summed E-state index contributed by atoms with van der Waals surface area (Å²) in [4.78, 5) is 2.66. The zero-order chi connectivity index (χ0) is 13.0. The van der Waals surface area contributed by atoms with Gasteiger partial charge in [-0.15, -0.1) is 0 Å². The number of nitrogens with zero attached hydrogens (tertiary/aromatic N) is 1. The van der Waals surface area contributed by atoms with Gasteiger partial charge in [-0.25, -0.2) is 0 Å². The van der Waals surface area contributed by atoms with Crippen molar-refractivity contribution in [1.82, 2.24) is 4.90 Å². The van der Waals surface area contributed by atoms with Gasteiger partial charge in [-0.05, 0) is 51.3 Å². The van der Waals surface area contributed by atoms with Gasteiger partial charge in [0.1, 0.15) is 0 Å². The molecule has 1 N–H and O–H groups in total. The summed E-state index contributed by atoms with van der Waals surface area (Å²) < 4.78 is 0. The number of hydrogen-bond donors (Lipinski definition) is 1. The average molecular weight is 246 g/mol. The van der Waals surface area contributed by atoms with Crippen LogP contribution in [-0.4, -0.2) is 30.1 Å². The van der Waals surface area contributed by atoms with Gasteiger partial charge in [-0.2, -0.15) is 0 Å². The number of rotatable bonds is 4. The fourth-order valence-corrected chi connectivity index (χ4v) is 2.93. The third kappa shape index (κ3) is 3.26. The second kappa shape index (κ2) is 6.24. The SMILES string of the molecule is CC1CCCN(C(C)CNc2ccccc2)C1C. The lowest BCUT2D eigenvalue weighted by atomic mass is 9.91. The highest BCUT2D eigenvalue weighted by Gasteiger charge is 2.27. The summed E-state index contributed by atoms with van der Waals surface area (Å²) in [6, 6.07) is 11.8. The third-order valence-corrected chi connectivity index (χ3v) is 4.36. The summed E-state index contributed by atoms with van der Waals surface area (Å²) >= 11 is 0. The van der Waals surface area contributed by atoms with Crippen molar-refractivity contribution in [3.8, 4) is 0 Å². The summed E-state index contributed by atoms with van der Waals surface area (Å²) in [5, 5.41) is 3.54. The van der Waals surface area contributed by atoms with Gasteiger partial charge in [0.2, 0.25) is 0 Å². The number of piperidine rings is 1. The van der Waals surface area contributed by atoms with Gasteiger partial charge >= 0.3 is 0 Å². The Balaban J connectivity index is 1.86. The van der Waals surface area contributed by atoms with E-state index >= 15 is 0 Å². The lowest BCUT2D eigenvalue weighted by Crippen LogP contribution is -2.49. The summed E-state index contributed by atoms with van der Waals surface area (Å²) in [7, 11) is 0. The van der Waals surface area contributed by atoms with Crippen molar-refractivity contribution in [3.05, 3.63) is 30.3 Å². The molecular formula is C16H26N2. The zero-order valence-electron chi connectivity index (χ0n) is 11.9. The molecule has 0 spiro atoms. The zero-order valence-corrected chi connectivity index (χ0v) is 11.9. The predicted octanol–water partition coefficient (Wildman–Crippen LogP) is 3.61. The highest BCUT2D eigenvalue weighted by atomic mass is 15.2. The first kappa shape index (κ1) is 13.4. The fourth-order valence-electron chi connectivity index (χ4n) is 2.93. The highest BCUT2D eigenvalue weighted by molar-refractivity contribution is 5.42. The Bertz CT molecular complexity index is 349. The minimum atomic E-state index is 0.600. The van der Waals surface area contributed by atoms with Crippen LogP contribution >= 0.6 is 0 Å². The van der Waals surface area contributed by atoms with Gasteiger partial charge in [-0.3, -0.25) is 4.90 Å². The second-order valence-electron chi connectivity index (χ2n) is 5.69. The minimum absolute atomic E-state index is 0.600. The van der Waals surface area contributed by atoms with Gasteiger partial charge < -0.3 is 5.32 Å². The van der Waals surface area contributed by atoms with Crippen molar-refractivity contribution in [2.24, 2.45) is 5.92 Å². The maximum atomic E-state index is 3.54. The monoisotopic (exact) mass is 246 g/mol. The number of hydrogen-bond acceptors (Lipinski definition) is 2. The third-order valence-electron chi connectivity index (χ3n) is 4.36. The molecular weight excluding hydrogens is 220 g/mol. The van der Waals surface area contributed by atoms with E-state index in [2.05, 4.69) is 61.3 Å². The topological polar surface area (TPSA) is 15.3 Å². The predicted molar refractivity (Wildman–Crippen MR) is 79.0 cm³/mol. The molecule has 2 heteroatoms. The summed E-state index contributed by atoms with van der Waals surface area (Å²) in [5.74, 6) is 0.831. The van der Waals surface area contributed by atoms with Crippen LogP contribution in [0, 0.1) is 5.92 Å². The molecule has 2 nitrogen and oxygen atoms in total. The molecule has 0 bridgehead atoms. The van der Waals surface area contributed by atoms with Crippen LogP contribution in [-0.2, 0) is 0 Å². The van der Waals surface area contributed by atoms with Crippen LogP contribution in [0.25, 0.3) is 0 Å². The first-order valence-corrected chi connectivity index (χ1v) is 7.23. The molecule has 0 amide bonds. The van der Waals surface area contributed by atoms with Crippen LogP contribution in [0.15, 0.2) is 30.3 Å². The number of benzene rings is 1. The lowest BCUT2D eigenvalue weighted by Gasteiger charge is -2.41. The van der Waals surface area contributed by atoms with Crippen LogP contribution < -0.4 is 5.32 Å². The van der Waals surface area contributed by atoms with E-state index in [0.29, 0.717) is 12.1 Å². The number of anilines is 1. The molecule has 18 heavy (non-hydrogen) atoms. The minimum Gasteiger partial charge on any atom is -0.383 e. The van der Waals surface area contributed by atoms with E-state index in [0.717, 1.165) is 12.5 Å². The molecule has 1 aliphatic heterocycles. The number of nitrogens with one attached hydrogen (secondary N) is 1. The Morgan fingerprint density at radius 2 is 2.00 bits per heavy atom. The Morgan fingerprint density at radius 3 is 2.72 bits per heavy atom. The normalized spacial score (nSPS) is 26.8. The molecule has 1 fully saturated rings. The van der Waals surface area contributed by atoms with E-state index < -0.39 is 0 Å². The van der Waals surface area contributed by atoms with Gasteiger partial charge in [0.05, 0.1) is 0 Å². The van der Waals surface area contributed by atoms with Crippen LogP contribution in [0.1, 0.15) is 33.6 Å². The summed E-state index contributed by atoms with van der Waals surface area (Å²) in [6.07, 6.45) is 2.73. The maximum absolute atomic E-state index is 3.54. The van der Waals surface area contributed by atoms with Crippen molar-refractivity contribution in [3.63, 3.8) is 0 Å².